The molecule has 0 aromatic heterocycles. The normalized spacial score (nSPS) is 20.6. The van der Waals surface area contributed by atoms with Crippen molar-refractivity contribution in [2.24, 2.45) is 5.73 Å². The second-order valence-corrected chi connectivity index (χ2v) is 6.12. The maximum Gasteiger partial charge on any atom is 0.280 e. The first-order valence-electron chi connectivity index (χ1n) is 5.54. The molecule has 0 spiro atoms. The molecular weight excluding hydrogens is 246 g/mol. The van der Waals surface area contributed by atoms with Gasteiger partial charge in [-0.15, -0.1) is 0 Å². The molecule has 1 heterocycles. The maximum absolute atomic E-state index is 12.0. The van der Waals surface area contributed by atoms with Crippen molar-refractivity contribution in [3.63, 3.8) is 0 Å². The van der Waals surface area contributed by atoms with Crippen molar-refractivity contribution < 1.29 is 8.42 Å². The average molecular weight is 265 g/mol. The summed E-state index contributed by atoms with van der Waals surface area (Å²) in [4.78, 5) is 0.197. The second-order valence-electron chi connectivity index (χ2n) is 3.95. The van der Waals surface area contributed by atoms with Crippen LogP contribution < -0.4 is 10.5 Å². The summed E-state index contributed by atoms with van der Waals surface area (Å²) < 4.78 is 27.9. The molecule has 1 fully saturated rings. The standard InChI is InChI=1S/C9H19N3O2S2/c1-2-8(9(10)15)11-16(13,14)12-6-4-3-5-7-12/h8,11H,2-7H2,1H3,(H2,10,15). The molecule has 1 saturated heterocycles. The quantitative estimate of drug-likeness (QED) is 0.704. The number of nitrogens with zero attached hydrogens (tertiary/aromatic N) is 1. The summed E-state index contributed by atoms with van der Waals surface area (Å²) in [6.07, 6.45) is 3.51. The zero-order chi connectivity index (χ0) is 12.2. The molecule has 0 radical (unpaired) electrons. The van der Waals surface area contributed by atoms with E-state index < -0.39 is 16.3 Å². The van der Waals surface area contributed by atoms with Gasteiger partial charge in [-0.3, -0.25) is 0 Å². The number of hydrogen-bond donors (Lipinski definition) is 2. The summed E-state index contributed by atoms with van der Waals surface area (Å²) in [5, 5.41) is 0. The molecule has 0 amide bonds. The Kier molecular flexibility index (Phi) is 5.10. The third-order valence-electron chi connectivity index (χ3n) is 2.70. The van der Waals surface area contributed by atoms with E-state index in [0.717, 1.165) is 19.3 Å². The van der Waals surface area contributed by atoms with E-state index in [0.29, 0.717) is 19.5 Å². The fourth-order valence-electron chi connectivity index (χ4n) is 1.70. The zero-order valence-electron chi connectivity index (χ0n) is 9.48. The number of hydrogen-bond acceptors (Lipinski definition) is 3. The van der Waals surface area contributed by atoms with Gasteiger partial charge in [0.05, 0.1) is 11.0 Å². The molecule has 0 bridgehead atoms. The van der Waals surface area contributed by atoms with Gasteiger partial charge in [0.1, 0.15) is 0 Å². The van der Waals surface area contributed by atoms with Crippen LogP contribution in [0.25, 0.3) is 0 Å². The van der Waals surface area contributed by atoms with Crippen LogP contribution in [0.15, 0.2) is 0 Å². The lowest BCUT2D eigenvalue weighted by Gasteiger charge is -2.28. The van der Waals surface area contributed by atoms with E-state index in [4.69, 9.17) is 18.0 Å². The second kappa shape index (κ2) is 5.90. The predicted octanol–water partition coefficient (Wildman–Crippen LogP) is 0.371. The fourth-order valence-corrected chi connectivity index (χ4v) is 3.54. The maximum atomic E-state index is 12.0. The molecule has 3 N–H and O–H groups in total. The molecule has 1 aliphatic rings. The number of thiocarbonyl (C=S) groups is 1. The highest BCUT2D eigenvalue weighted by atomic mass is 32.2. The Morgan fingerprint density at radius 2 is 2.00 bits per heavy atom. The largest absolute Gasteiger partial charge is 0.392 e. The Morgan fingerprint density at radius 3 is 2.44 bits per heavy atom. The van der Waals surface area contributed by atoms with Crippen molar-refractivity contribution >= 4 is 27.4 Å². The highest BCUT2D eigenvalue weighted by Crippen LogP contribution is 2.12. The van der Waals surface area contributed by atoms with E-state index in [-0.39, 0.29) is 4.99 Å². The summed E-state index contributed by atoms with van der Waals surface area (Å²) in [7, 11) is -3.42. The first kappa shape index (κ1) is 13.8. The Labute approximate surface area is 103 Å². The summed E-state index contributed by atoms with van der Waals surface area (Å²) in [5.74, 6) is 0. The van der Waals surface area contributed by atoms with Gasteiger partial charge >= 0.3 is 0 Å². The van der Waals surface area contributed by atoms with Crippen molar-refractivity contribution in [3.8, 4) is 0 Å². The van der Waals surface area contributed by atoms with E-state index in [9.17, 15) is 8.42 Å². The minimum absolute atomic E-state index is 0.197. The van der Waals surface area contributed by atoms with Crippen molar-refractivity contribution in [1.82, 2.24) is 9.03 Å². The summed E-state index contributed by atoms with van der Waals surface area (Å²) in [5.41, 5.74) is 5.47. The molecule has 0 aromatic rings. The molecule has 1 aliphatic heterocycles. The minimum Gasteiger partial charge on any atom is -0.392 e. The molecule has 0 aromatic carbocycles. The Bertz CT molecular complexity index is 337. The first-order valence-corrected chi connectivity index (χ1v) is 7.39. The van der Waals surface area contributed by atoms with Crippen LogP contribution in [0, 0.1) is 0 Å². The predicted molar refractivity (Wildman–Crippen MR) is 68.3 cm³/mol. The molecule has 94 valence electrons. The Balaban J connectivity index is 2.65. The summed E-state index contributed by atoms with van der Waals surface area (Å²) in [6, 6.07) is -0.443. The number of piperidine rings is 1. The van der Waals surface area contributed by atoms with Gasteiger partial charge in [-0.1, -0.05) is 25.6 Å². The lowest BCUT2D eigenvalue weighted by molar-refractivity contribution is 0.340. The van der Waals surface area contributed by atoms with Gasteiger partial charge in [-0.2, -0.15) is 17.4 Å². The van der Waals surface area contributed by atoms with Crippen LogP contribution in [0.1, 0.15) is 32.6 Å². The number of nitrogens with two attached hydrogens (primary N) is 1. The van der Waals surface area contributed by atoms with Crippen LogP contribution >= 0.6 is 12.2 Å². The van der Waals surface area contributed by atoms with Gasteiger partial charge in [0.15, 0.2) is 0 Å². The lowest BCUT2D eigenvalue weighted by Crippen LogP contribution is -2.50. The minimum atomic E-state index is -3.42. The molecule has 7 heteroatoms. The fraction of sp³-hybridized carbons (Fsp3) is 0.889. The van der Waals surface area contributed by atoms with Gasteiger partial charge in [-0.25, -0.2) is 0 Å². The summed E-state index contributed by atoms with van der Waals surface area (Å²) >= 11 is 4.82. The monoisotopic (exact) mass is 265 g/mol. The lowest BCUT2D eigenvalue weighted by atomic mass is 10.2. The third-order valence-corrected chi connectivity index (χ3v) is 4.61. The van der Waals surface area contributed by atoms with Crippen LogP contribution in [-0.4, -0.2) is 36.8 Å². The zero-order valence-corrected chi connectivity index (χ0v) is 11.1. The van der Waals surface area contributed by atoms with Crippen molar-refractivity contribution in [2.75, 3.05) is 13.1 Å². The van der Waals surface area contributed by atoms with Crippen molar-refractivity contribution in [2.45, 2.75) is 38.6 Å². The summed E-state index contributed by atoms with van der Waals surface area (Å²) in [6.45, 7) is 3.02. The van der Waals surface area contributed by atoms with E-state index in [1.54, 1.807) is 0 Å². The molecule has 1 atom stereocenters. The van der Waals surface area contributed by atoms with Crippen LogP contribution in [0.5, 0.6) is 0 Å². The van der Waals surface area contributed by atoms with Gasteiger partial charge in [-0.05, 0) is 19.3 Å². The Hall–Kier alpha value is -0.240. The van der Waals surface area contributed by atoms with Gasteiger partial charge < -0.3 is 5.73 Å². The molecule has 1 unspecified atom stereocenters. The van der Waals surface area contributed by atoms with Crippen molar-refractivity contribution in [3.05, 3.63) is 0 Å². The van der Waals surface area contributed by atoms with E-state index in [1.807, 2.05) is 6.92 Å². The highest BCUT2D eigenvalue weighted by molar-refractivity contribution is 7.87. The van der Waals surface area contributed by atoms with E-state index >= 15 is 0 Å². The van der Waals surface area contributed by atoms with Gasteiger partial charge in [0.25, 0.3) is 10.2 Å². The van der Waals surface area contributed by atoms with Crippen LogP contribution in [-0.2, 0) is 10.2 Å². The van der Waals surface area contributed by atoms with Crippen LogP contribution in [0.4, 0.5) is 0 Å². The average Bonchev–Trinajstić information content (AvgIpc) is 2.27. The highest BCUT2D eigenvalue weighted by Gasteiger charge is 2.26. The smallest absolute Gasteiger partial charge is 0.280 e. The molecule has 0 aliphatic carbocycles. The SMILES string of the molecule is CCC(NS(=O)(=O)N1CCCCC1)C(N)=S. The molecule has 16 heavy (non-hydrogen) atoms. The molecule has 0 saturated carbocycles. The van der Waals surface area contributed by atoms with E-state index in [1.165, 1.54) is 4.31 Å². The topological polar surface area (TPSA) is 75.4 Å². The van der Waals surface area contributed by atoms with Gasteiger partial charge in [0.2, 0.25) is 0 Å². The number of rotatable bonds is 5. The molecule has 1 rings (SSSR count). The van der Waals surface area contributed by atoms with E-state index in [2.05, 4.69) is 4.72 Å². The first-order chi connectivity index (χ1) is 7.47. The van der Waals surface area contributed by atoms with Crippen LogP contribution in [0.2, 0.25) is 0 Å². The third kappa shape index (κ3) is 3.65. The molecule has 5 nitrogen and oxygen atoms in total. The van der Waals surface area contributed by atoms with Gasteiger partial charge in [0, 0.05) is 13.1 Å². The van der Waals surface area contributed by atoms with Crippen molar-refractivity contribution in [1.29, 1.82) is 0 Å². The molecular formula is C9H19N3O2S2. The Morgan fingerprint density at radius 1 is 1.44 bits per heavy atom. The number of nitrogens with one attached hydrogen (secondary N) is 1. The van der Waals surface area contributed by atoms with Crippen LogP contribution in [0.3, 0.4) is 0 Å².